The van der Waals surface area contributed by atoms with Crippen LogP contribution < -0.4 is 0 Å². The number of rotatable bonds is 9. The zero-order chi connectivity index (χ0) is 32.9. The van der Waals surface area contributed by atoms with Crippen LogP contribution in [0.4, 0.5) is 26.3 Å². The van der Waals surface area contributed by atoms with Gasteiger partial charge in [0, 0.05) is 0 Å². The van der Waals surface area contributed by atoms with Crippen LogP contribution in [-0.4, -0.2) is 58.4 Å². The molecule has 0 aromatic rings. The lowest BCUT2D eigenvalue weighted by atomic mass is 9.54. The molecule has 0 radical (unpaired) electrons. The molecule has 254 valence electrons. The maximum Gasteiger partial charge on any atom is 0.426 e. The highest BCUT2D eigenvalue weighted by atomic mass is 19.4. The molecule has 6 atom stereocenters. The minimum atomic E-state index is -5.81. The van der Waals surface area contributed by atoms with Crippen molar-refractivity contribution >= 4 is 11.9 Å². The first-order valence-electron chi connectivity index (χ1n) is 16.2. The van der Waals surface area contributed by atoms with Gasteiger partial charge in [0.15, 0.2) is 0 Å². The number of carbonyl (C=O) groups excluding carboxylic acids is 2. The van der Waals surface area contributed by atoms with Crippen LogP contribution in [0.15, 0.2) is 0 Å². The van der Waals surface area contributed by atoms with E-state index in [1.54, 1.807) is 13.8 Å². The van der Waals surface area contributed by atoms with Crippen LogP contribution in [0.25, 0.3) is 0 Å². The summed E-state index contributed by atoms with van der Waals surface area (Å²) in [4.78, 5) is 24.3. The van der Waals surface area contributed by atoms with E-state index in [-0.39, 0.29) is 36.4 Å². The van der Waals surface area contributed by atoms with E-state index in [9.17, 15) is 46.1 Å². The van der Waals surface area contributed by atoms with Crippen molar-refractivity contribution < 1.29 is 55.6 Å². The normalized spacial score (nSPS) is 36.3. The Kier molecular flexibility index (Phi) is 10.1. The molecule has 0 spiro atoms. The van der Waals surface area contributed by atoms with Crippen molar-refractivity contribution in [2.24, 2.45) is 46.8 Å². The van der Waals surface area contributed by atoms with Crippen LogP contribution in [-0.2, 0) is 19.1 Å². The lowest BCUT2D eigenvalue weighted by Gasteiger charge is -2.56. The summed E-state index contributed by atoms with van der Waals surface area (Å²) < 4.78 is 88.7. The third kappa shape index (κ3) is 6.91. The molecule has 0 aliphatic heterocycles. The van der Waals surface area contributed by atoms with Gasteiger partial charge in [-0.1, -0.05) is 20.8 Å². The molecule has 0 aromatic carbocycles. The summed E-state index contributed by atoms with van der Waals surface area (Å²) >= 11 is 0. The third-order valence-corrected chi connectivity index (χ3v) is 11.6. The molecule has 44 heavy (non-hydrogen) atoms. The van der Waals surface area contributed by atoms with Crippen LogP contribution in [0.5, 0.6) is 0 Å². The van der Waals surface area contributed by atoms with Gasteiger partial charge in [-0.2, -0.15) is 26.3 Å². The molecule has 12 heteroatoms. The predicted molar refractivity (Wildman–Crippen MR) is 148 cm³/mol. The summed E-state index contributed by atoms with van der Waals surface area (Å²) in [6.07, 6.45) is -4.26. The maximum atomic E-state index is 12.9. The first kappa shape index (κ1) is 35.3. The molecule has 2 N–H and O–H groups in total. The Morgan fingerprint density at radius 2 is 1.39 bits per heavy atom. The molecular weight excluding hydrogens is 594 g/mol. The number of fused-ring (bicyclic) bond motifs is 2. The number of halogens is 6. The molecule has 6 aliphatic rings. The predicted octanol–water partition coefficient (Wildman–Crippen LogP) is 7.14. The van der Waals surface area contributed by atoms with Crippen molar-refractivity contribution in [3.8, 4) is 0 Å². The molecule has 6 rings (SSSR count). The van der Waals surface area contributed by atoms with Gasteiger partial charge in [0.1, 0.15) is 11.7 Å². The monoisotopic (exact) mass is 642 g/mol. The molecule has 6 saturated carbocycles. The molecule has 0 aromatic heterocycles. The zero-order valence-corrected chi connectivity index (χ0v) is 26.1. The minimum Gasteiger partial charge on any atom is -0.462 e. The van der Waals surface area contributed by atoms with Crippen molar-refractivity contribution in [2.75, 3.05) is 6.61 Å². The Bertz CT molecular complexity index is 988. The number of hydrogen-bond donors (Lipinski definition) is 2. The molecule has 6 unspecified atom stereocenters. The minimum absolute atomic E-state index is 0.0737. The average molecular weight is 643 g/mol. The van der Waals surface area contributed by atoms with E-state index >= 15 is 0 Å². The third-order valence-electron chi connectivity index (χ3n) is 11.6. The maximum absolute atomic E-state index is 12.9. The number of alkyl halides is 6. The summed E-state index contributed by atoms with van der Waals surface area (Å²) in [7, 11) is 0. The topological polar surface area (TPSA) is 93.1 Å². The Balaban J connectivity index is 0.000000208. The number of carbonyl (C=O) groups is 2. The number of esters is 2. The highest BCUT2D eigenvalue weighted by Crippen LogP contribution is 2.58. The van der Waals surface area contributed by atoms with Crippen molar-refractivity contribution in [2.45, 2.75) is 134 Å². The number of ether oxygens (including phenoxy) is 2. The number of hydrogen-bond acceptors (Lipinski definition) is 6. The Morgan fingerprint density at radius 1 is 0.864 bits per heavy atom. The van der Waals surface area contributed by atoms with Gasteiger partial charge in [-0.3, -0.25) is 9.59 Å². The Hall–Kier alpha value is -1.56. The van der Waals surface area contributed by atoms with Crippen LogP contribution >= 0.6 is 0 Å². The van der Waals surface area contributed by atoms with Gasteiger partial charge >= 0.3 is 24.3 Å². The second-order valence-electron chi connectivity index (χ2n) is 14.9. The van der Waals surface area contributed by atoms with Gasteiger partial charge < -0.3 is 19.7 Å². The SMILES string of the molecule is CCC(C)(CO)C(=O)OC12CC3CC(CC(C3)C1)C2.CCC(C)C(=O)OC1CC2CC(CC(O)(C(F)(F)F)C(F)(F)F)C1C2. The summed E-state index contributed by atoms with van der Waals surface area (Å²) in [6.45, 7) is 7.07. The number of aliphatic hydroxyl groups is 2. The van der Waals surface area contributed by atoms with Crippen molar-refractivity contribution in [1.29, 1.82) is 0 Å². The average Bonchev–Trinajstić information content (AvgIpc) is 3.50. The van der Waals surface area contributed by atoms with Gasteiger partial charge in [0.25, 0.3) is 5.60 Å². The fourth-order valence-corrected chi connectivity index (χ4v) is 8.80. The highest BCUT2D eigenvalue weighted by molar-refractivity contribution is 5.77. The summed E-state index contributed by atoms with van der Waals surface area (Å²) in [6, 6.07) is 0. The van der Waals surface area contributed by atoms with Crippen molar-refractivity contribution in [3.05, 3.63) is 0 Å². The van der Waals surface area contributed by atoms with E-state index in [4.69, 9.17) is 9.47 Å². The van der Waals surface area contributed by atoms with E-state index in [1.165, 1.54) is 19.3 Å². The van der Waals surface area contributed by atoms with Gasteiger partial charge in [-0.25, -0.2) is 0 Å². The molecule has 6 nitrogen and oxygen atoms in total. The largest absolute Gasteiger partial charge is 0.462 e. The molecule has 0 amide bonds. The van der Waals surface area contributed by atoms with Crippen molar-refractivity contribution in [1.82, 2.24) is 0 Å². The van der Waals surface area contributed by atoms with E-state index in [0.29, 0.717) is 25.7 Å². The molecule has 6 bridgehead atoms. The molecule has 0 heterocycles. The van der Waals surface area contributed by atoms with Crippen LogP contribution in [0.2, 0.25) is 0 Å². The highest BCUT2D eigenvalue weighted by Gasteiger charge is 2.71. The van der Waals surface area contributed by atoms with Crippen molar-refractivity contribution in [3.63, 3.8) is 0 Å². The van der Waals surface area contributed by atoms with Crippen LogP contribution in [0.3, 0.4) is 0 Å². The second kappa shape index (κ2) is 12.6. The van der Waals surface area contributed by atoms with E-state index < -0.39 is 53.7 Å². The van der Waals surface area contributed by atoms with Gasteiger partial charge in [-0.05, 0) is 119 Å². The van der Waals surface area contributed by atoms with Gasteiger partial charge in [-0.15, -0.1) is 0 Å². The quantitative estimate of drug-likeness (QED) is 0.205. The second-order valence-corrected chi connectivity index (χ2v) is 14.9. The van der Waals surface area contributed by atoms with Crippen LogP contribution in [0.1, 0.15) is 105 Å². The van der Waals surface area contributed by atoms with Crippen LogP contribution in [0, 0.1) is 46.8 Å². The fourth-order valence-electron chi connectivity index (χ4n) is 8.80. The van der Waals surface area contributed by atoms with E-state index in [1.807, 2.05) is 13.8 Å². The molecule has 6 aliphatic carbocycles. The molecular formula is C32H48F6O6. The van der Waals surface area contributed by atoms with E-state index in [0.717, 1.165) is 37.0 Å². The Morgan fingerprint density at radius 3 is 1.80 bits per heavy atom. The van der Waals surface area contributed by atoms with Gasteiger partial charge in [0.2, 0.25) is 0 Å². The smallest absolute Gasteiger partial charge is 0.426 e. The summed E-state index contributed by atoms with van der Waals surface area (Å²) in [5.74, 6) is -0.338. The lowest BCUT2D eigenvalue weighted by Crippen LogP contribution is -2.58. The molecule has 0 saturated heterocycles. The first-order valence-corrected chi connectivity index (χ1v) is 16.2. The summed E-state index contributed by atoms with van der Waals surface area (Å²) in [5.41, 5.74) is -5.64. The summed E-state index contributed by atoms with van der Waals surface area (Å²) in [5, 5.41) is 18.9. The lowest BCUT2D eigenvalue weighted by molar-refractivity contribution is -0.373. The number of aliphatic hydroxyl groups excluding tert-OH is 1. The van der Waals surface area contributed by atoms with Gasteiger partial charge in [0.05, 0.1) is 17.9 Å². The fraction of sp³-hybridized carbons (Fsp3) is 0.938. The Labute approximate surface area is 255 Å². The zero-order valence-electron chi connectivity index (χ0n) is 26.1. The molecule has 6 fully saturated rings. The van der Waals surface area contributed by atoms with E-state index in [2.05, 4.69) is 0 Å². The first-order chi connectivity index (χ1) is 20.3. The standard InChI is InChI=1S/C16H22F6O3.C16H26O3/c1-3-8(2)13(23)25-12-6-9-4-10(11(12)5-9)7-14(24,15(17,18)19)16(20,21)22;1-3-15(2,10-17)14(18)19-16-7-11-4-12(8-16)6-13(5-11)9-16/h8-12,24H,3-7H2,1-2H3;11-13,17H,3-10H2,1-2H3.